The first kappa shape index (κ1) is 14.3. The van der Waals surface area contributed by atoms with E-state index in [4.69, 9.17) is 0 Å². The first-order valence-corrected chi connectivity index (χ1v) is 7.76. The topological polar surface area (TPSA) is 15.3 Å². The number of nitrogens with zero attached hydrogens (tertiary/aromatic N) is 1. The number of rotatable bonds is 5. The molecule has 2 fully saturated rings. The van der Waals surface area contributed by atoms with Crippen LogP contribution >= 0.6 is 0 Å². The lowest BCUT2D eigenvalue weighted by molar-refractivity contribution is -0.00177. The van der Waals surface area contributed by atoms with Crippen LogP contribution in [-0.2, 0) is 0 Å². The van der Waals surface area contributed by atoms with Crippen molar-refractivity contribution in [3.05, 3.63) is 0 Å². The van der Waals surface area contributed by atoms with Gasteiger partial charge in [-0.25, -0.2) is 0 Å². The Morgan fingerprint density at radius 1 is 1.17 bits per heavy atom. The summed E-state index contributed by atoms with van der Waals surface area (Å²) in [4.78, 5) is 2.61. The van der Waals surface area contributed by atoms with E-state index in [1.807, 2.05) is 0 Å². The molecular formula is C15H29FN2. The van der Waals surface area contributed by atoms with E-state index in [1.54, 1.807) is 0 Å². The maximum atomic E-state index is 12.5. The highest BCUT2D eigenvalue weighted by molar-refractivity contribution is 5.06. The van der Waals surface area contributed by atoms with Gasteiger partial charge in [0.1, 0.15) is 0 Å². The van der Waals surface area contributed by atoms with Gasteiger partial charge in [-0.05, 0) is 32.1 Å². The molecule has 0 aromatic rings. The Labute approximate surface area is 111 Å². The number of nitrogens with one attached hydrogen (secondary N) is 1. The minimum absolute atomic E-state index is 0.180. The van der Waals surface area contributed by atoms with Crippen molar-refractivity contribution >= 4 is 0 Å². The molecule has 2 nitrogen and oxygen atoms in total. The van der Waals surface area contributed by atoms with Crippen molar-refractivity contribution < 1.29 is 4.39 Å². The molecule has 18 heavy (non-hydrogen) atoms. The number of alkyl halides is 1. The van der Waals surface area contributed by atoms with Gasteiger partial charge in [0.2, 0.25) is 0 Å². The molecule has 2 rings (SSSR count). The maximum Gasteiger partial charge on any atom is 0.0906 e. The Bertz CT molecular complexity index is 257. The molecule has 3 heteroatoms. The summed E-state index contributed by atoms with van der Waals surface area (Å²) in [5, 5.41) is 3.86. The van der Waals surface area contributed by atoms with E-state index in [0.29, 0.717) is 12.0 Å². The quantitative estimate of drug-likeness (QED) is 0.813. The van der Waals surface area contributed by atoms with Crippen molar-refractivity contribution in [1.82, 2.24) is 10.2 Å². The largest absolute Gasteiger partial charge is 0.308 e. The summed E-state index contributed by atoms with van der Waals surface area (Å²) in [5.74, 6) is 0. The van der Waals surface area contributed by atoms with Crippen LogP contribution in [0.5, 0.6) is 0 Å². The minimum atomic E-state index is -0.180. The molecule has 1 aliphatic carbocycles. The molecule has 1 N–H and O–H groups in total. The lowest BCUT2D eigenvalue weighted by Crippen LogP contribution is -2.69. The fraction of sp³-hybridized carbons (Fsp3) is 1.00. The smallest absolute Gasteiger partial charge is 0.0906 e. The van der Waals surface area contributed by atoms with Crippen LogP contribution in [0.1, 0.15) is 58.8 Å². The highest BCUT2D eigenvalue weighted by atomic mass is 19.1. The molecule has 0 unspecified atom stereocenters. The maximum absolute atomic E-state index is 12.5. The van der Waals surface area contributed by atoms with Crippen LogP contribution in [0.25, 0.3) is 0 Å². The second-order valence-corrected chi connectivity index (χ2v) is 6.24. The van der Waals surface area contributed by atoms with Gasteiger partial charge in [0.15, 0.2) is 0 Å². The molecule has 0 aromatic carbocycles. The molecule has 1 heterocycles. The Hall–Kier alpha value is -0.150. The number of piperazine rings is 1. The van der Waals surface area contributed by atoms with E-state index in [9.17, 15) is 4.39 Å². The molecule has 1 saturated heterocycles. The summed E-state index contributed by atoms with van der Waals surface area (Å²) in [6, 6.07) is 0. The van der Waals surface area contributed by atoms with E-state index in [0.717, 1.165) is 19.6 Å². The first-order valence-electron chi connectivity index (χ1n) is 7.76. The molecule has 106 valence electrons. The minimum Gasteiger partial charge on any atom is -0.308 e. The van der Waals surface area contributed by atoms with Crippen LogP contribution in [0, 0.1) is 0 Å². The van der Waals surface area contributed by atoms with Gasteiger partial charge in [0, 0.05) is 30.7 Å². The third-order valence-corrected chi connectivity index (χ3v) is 5.40. The van der Waals surface area contributed by atoms with Gasteiger partial charge >= 0.3 is 0 Å². The number of hydrogen-bond donors (Lipinski definition) is 1. The average molecular weight is 256 g/mol. The van der Waals surface area contributed by atoms with Crippen molar-refractivity contribution in [3.8, 4) is 0 Å². The molecule has 1 aliphatic heterocycles. The molecule has 1 spiro atoms. The Balaban J connectivity index is 2.09. The van der Waals surface area contributed by atoms with Crippen molar-refractivity contribution in [2.75, 3.05) is 26.3 Å². The Kier molecular flexibility index (Phi) is 4.65. The summed E-state index contributed by atoms with van der Waals surface area (Å²) in [6.45, 7) is 7.53. The standard InChI is InChI=1S/C15H29FN2/c1-3-15(4-2)12-17-14(8-5-6-9-14)13-18(15)11-7-10-16/h17H,3-13H2,1-2H3. The summed E-state index contributed by atoms with van der Waals surface area (Å²) in [7, 11) is 0. The highest BCUT2D eigenvalue weighted by Crippen LogP contribution is 2.38. The van der Waals surface area contributed by atoms with E-state index in [-0.39, 0.29) is 12.2 Å². The van der Waals surface area contributed by atoms with Gasteiger partial charge < -0.3 is 5.32 Å². The average Bonchev–Trinajstić information content (AvgIpc) is 2.86. The number of hydrogen-bond acceptors (Lipinski definition) is 2. The van der Waals surface area contributed by atoms with Crippen LogP contribution in [0.4, 0.5) is 4.39 Å². The SMILES string of the molecule is CCC1(CC)CNC2(CCCC2)CN1CCCF. The molecule has 0 atom stereocenters. The normalized spacial score (nSPS) is 26.8. The van der Waals surface area contributed by atoms with Crippen molar-refractivity contribution in [2.24, 2.45) is 0 Å². The van der Waals surface area contributed by atoms with Crippen LogP contribution in [0.15, 0.2) is 0 Å². The van der Waals surface area contributed by atoms with Crippen molar-refractivity contribution in [3.63, 3.8) is 0 Å². The lowest BCUT2D eigenvalue weighted by Gasteiger charge is -2.54. The van der Waals surface area contributed by atoms with Gasteiger partial charge in [-0.3, -0.25) is 9.29 Å². The molecule has 0 bridgehead atoms. The molecule has 1 saturated carbocycles. The lowest BCUT2D eigenvalue weighted by atomic mass is 9.82. The highest BCUT2D eigenvalue weighted by Gasteiger charge is 2.46. The molecule has 2 aliphatic rings. The van der Waals surface area contributed by atoms with Gasteiger partial charge in [-0.2, -0.15) is 0 Å². The predicted octanol–water partition coefficient (Wildman–Crippen LogP) is 3.12. The van der Waals surface area contributed by atoms with Gasteiger partial charge in [-0.15, -0.1) is 0 Å². The summed E-state index contributed by atoms with van der Waals surface area (Å²) in [5.41, 5.74) is 0.618. The summed E-state index contributed by atoms with van der Waals surface area (Å²) >= 11 is 0. The van der Waals surface area contributed by atoms with Crippen molar-refractivity contribution in [1.29, 1.82) is 0 Å². The fourth-order valence-corrected chi connectivity index (χ4v) is 3.95. The zero-order valence-corrected chi connectivity index (χ0v) is 12.1. The van der Waals surface area contributed by atoms with E-state index < -0.39 is 0 Å². The third-order valence-electron chi connectivity index (χ3n) is 5.40. The van der Waals surface area contributed by atoms with Crippen LogP contribution in [0.2, 0.25) is 0 Å². The van der Waals surface area contributed by atoms with E-state index >= 15 is 0 Å². The van der Waals surface area contributed by atoms with Crippen LogP contribution in [0.3, 0.4) is 0 Å². The number of halogens is 1. The van der Waals surface area contributed by atoms with Crippen LogP contribution in [-0.4, -0.2) is 42.3 Å². The predicted molar refractivity (Wildman–Crippen MR) is 74.7 cm³/mol. The Morgan fingerprint density at radius 3 is 2.39 bits per heavy atom. The Morgan fingerprint density at radius 2 is 1.83 bits per heavy atom. The zero-order valence-electron chi connectivity index (χ0n) is 12.1. The van der Waals surface area contributed by atoms with Gasteiger partial charge in [0.25, 0.3) is 0 Å². The first-order chi connectivity index (χ1) is 8.70. The monoisotopic (exact) mass is 256 g/mol. The third kappa shape index (κ3) is 2.57. The summed E-state index contributed by atoms with van der Waals surface area (Å²) in [6.07, 6.45) is 8.35. The molecule has 0 radical (unpaired) electrons. The second-order valence-electron chi connectivity index (χ2n) is 6.24. The second kappa shape index (κ2) is 5.87. The van der Waals surface area contributed by atoms with Crippen LogP contribution < -0.4 is 5.32 Å². The van der Waals surface area contributed by atoms with Gasteiger partial charge in [-0.1, -0.05) is 26.7 Å². The van der Waals surface area contributed by atoms with E-state index in [2.05, 4.69) is 24.1 Å². The molecule has 0 aromatic heterocycles. The molecular weight excluding hydrogens is 227 g/mol. The fourth-order valence-electron chi connectivity index (χ4n) is 3.95. The van der Waals surface area contributed by atoms with Gasteiger partial charge in [0.05, 0.1) is 6.67 Å². The summed E-state index contributed by atoms with van der Waals surface area (Å²) < 4.78 is 12.5. The molecule has 0 amide bonds. The van der Waals surface area contributed by atoms with E-state index in [1.165, 1.54) is 38.5 Å². The van der Waals surface area contributed by atoms with Crippen molar-refractivity contribution in [2.45, 2.75) is 69.9 Å². The zero-order chi connectivity index (χ0) is 13.1.